The molecule has 3 atom stereocenters. The summed E-state index contributed by atoms with van der Waals surface area (Å²) in [7, 11) is 1.34. The third-order valence-electron chi connectivity index (χ3n) is 6.68. The van der Waals surface area contributed by atoms with Crippen LogP contribution in [0.1, 0.15) is 32.3 Å². The van der Waals surface area contributed by atoms with E-state index in [1.165, 1.54) is 7.11 Å². The summed E-state index contributed by atoms with van der Waals surface area (Å²) in [5.74, 6) is -1.26. The monoisotopic (exact) mass is 399 g/mol. The van der Waals surface area contributed by atoms with Crippen molar-refractivity contribution in [3.8, 4) is 0 Å². The van der Waals surface area contributed by atoms with E-state index >= 15 is 0 Å². The van der Waals surface area contributed by atoms with Gasteiger partial charge >= 0.3 is 18.0 Å². The summed E-state index contributed by atoms with van der Waals surface area (Å²) in [5.41, 5.74) is 0.497. The SMILES string of the molecule is C=C1[C@@H]2N(C(=O)OC)c3ccccc3[C@@]23CC(C(=O)OCC)(C(=O)OCC)C[C@@H]13. The number of methoxy groups -OCH3 is 1. The van der Waals surface area contributed by atoms with Crippen LogP contribution >= 0.6 is 0 Å². The quantitative estimate of drug-likeness (QED) is 0.335. The number of hydrogen-bond donors (Lipinski definition) is 0. The molecule has 1 aliphatic heterocycles. The van der Waals surface area contributed by atoms with Gasteiger partial charge in [-0.3, -0.25) is 14.5 Å². The van der Waals surface area contributed by atoms with Gasteiger partial charge in [-0.2, -0.15) is 0 Å². The van der Waals surface area contributed by atoms with Crippen molar-refractivity contribution in [2.75, 3.05) is 25.2 Å². The Morgan fingerprint density at radius 3 is 2.34 bits per heavy atom. The van der Waals surface area contributed by atoms with Gasteiger partial charge in [0.15, 0.2) is 5.41 Å². The Balaban J connectivity index is 1.85. The smallest absolute Gasteiger partial charge is 0.414 e. The molecule has 154 valence electrons. The molecule has 1 aromatic rings. The summed E-state index contributed by atoms with van der Waals surface area (Å²) in [4.78, 5) is 40.2. The minimum Gasteiger partial charge on any atom is -0.465 e. The largest absolute Gasteiger partial charge is 0.465 e. The van der Waals surface area contributed by atoms with Gasteiger partial charge in [0.2, 0.25) is 0 Å². The average Bonchev–Trinajstić information content (AvgIpc) is 3.18. The molecule has 3 aliphatic rings. The van der Waals surface area contributed by atoms with Crippen molar-refractivity contribution < 1.29 is 28.6 Å². The molecule has 1 aromatic carbocycles. The van der Waals surface area contributed by atoms with Crippen molar-refractivity contribution >= 4 is 23.7 Å². The van der Waals surface area contributed by atoms with Crippen molar-refractivity contribution in [2.24, 2.45) is 11.3 Å². The lowest BCUT2D eigenvalue weighted by Crippen LogP contribution is -2.60. The maximum absolute atomic E-state index is 13.0. The third kappa shape index (κ3) is 2.27. The van der Waals surface area contributed by atoms with Crippen LogP contribution in [0.2, 0.25) is 0 Å². The molecule has 7 nitrogen and oxygen atoms in total. The first-order chi connectivity index (χ1) is 13.9. The van der Waals surface area contributed by atoms with Gasteiger partial charge in [0.25, 0.3) is 0 Å². The minimum atomic E-state index is -1.41. The van der Waals surface area contributed by atoms with Crippen LogP contribution in [0.25, 0.3) is 0 Å². The first kappa shape index (κ1) is 19.5. The lowest BCUT2D eigenvalue weighted by atomic mass is 9.54. The van der Waals surface area contributed by atoms with Gasteiger partial charge in [0.1, 0.15) is 0 Å². The Morgan fingerprint density at radius 2 is 1.76 bits per heavy atom. The topological polar surface area (TPSA) is 82.1 Å². The molecule has 2 saturated carbocycles. The highest BCUT2D eigenvalue weighted by Crippen LogP contribution is 2.72. The van der Waals surface area contributed by atoms with Gasteiger partial charge in [-0.15, -0.1) is 0 Å². The van der Waals surface area contributed by atoms with E-state index in [0.29, 0.717) is 0 Å². The lowest BCUT2D eigenvalue weighted by molar-refractivity contribution is -0.172. The molecule has 29 heavy (non-hydrogen) atoms. The van der Waals surface area contributed by atoms with Gasteiger partial charge in [0.05, 0.1) is 32.1 Å². The molecule has 2 fully saturated rings. The Bertz CT molecular complexity index is 890. The predicted octanol–water partition coefficient (Wildman–Crippen LogP) is 2.97. The number of hydrogen-bond acceptors (Lipinski definition) is 6. The van der Waals surface area contributed by atoms with E-state index in [2.05, 4.69) is 6.58 Å². The summed E-state index contributed by atoms with van der Waals surface area (Å²) >= 11 is 0. The zero-order valence-corrected chi connectivity index (χ0v) is 16.9. The summed E-state index contributed by atoms with van der Waals surface area (Å²) in [5, 5.41) is 0. The number of nitrogens with zero attached hydrogens (tertiary/aromatic N) is 1. The second kappa shape index (κ2) is 6.61. The molecule has 1 heterocycles. The molecular formula is C22H25NO6. The van der Waals surface area contributed by atoms with E-state index < -0.39 is 28.9 Å². The molecule has 0 radical (unpaired) electrons. The summed E-state index contributed by atoms with van der Waals surface area (Å²) < 4.78 is 15.6. The molecular weight excluding hydrogens is 374 g/mol. The maximum Gasteiger partial charge on any atom is 0.414 e. The van der Waals surface area contributed by atoms with Crippen LogP contribution in [-0.4, -0.2) is 44.4 Å². The van der Waals surface area contributed by atoms with Crippen LogP contribution in [0.15, 0.2) is 36.4 Å². The molecule has 1 spiro atoms. The van der Waals surface area contributed by atoms with Crippen LogP contribution in [0.4, 0.5) is 10.5 Å². The molecule has 0 bridgehead atoms. The number of amides is 1. The molecule has 0 unspecified atom stereocenters. The standard InChI is InChI=1S/C22H25NO6/c1-5-28-18(24)21(19(25)29-6-2)11-15-13(3)17-22(15,12-21)14-9-7-8-10-16(14)23(17)20(26)27-4/h7-10,15,17H,3,5-6,11-12H2,1-2,4H3/t15-,17-,22+/m0/s1. The second-order valence-electron chi connectivity index (χ2n) is 7.83. The maximum atomic E-state index is 13.0. The summed E-state index contributed by atoms with van der Waals surface area (Å²) in [6.45, 7) is 7.99. The van der Waals surface area contributed by atoms with Gasteiger partial charge in [-0.1, -0.05) is 24.8 Å². The van der Waals surface area contributed by atoms with Crippen molar-refractivity contribution in [3.63, 3.8) is 0 Å². The van der Waals surface area contributed by atoms with Crippen LogP contribution in [-0.2, 0) is 29.2 Å². The molecule has 1 amide bonds. The van der Waals surface area contributed by atoms with E-state index in [1.54, 1.807) is 18.7 Å². The van der Waals surface area contributed by atoms with Gasteiger partial charge in [0, 0.05) is 5.41 Å². The average molecular weight is 399 g/mol. The van der Waals surface area contributed by atoms with Crippen molar-refractivity contribution in [1.82, 2.24) is 0 Å². The fourth-order valence-electron chi connectivity index (χ4n) is 5.68. The number of fused-ring (bicyclic) bond motifs is 1. The first-order valence-electron chi connectivity index (χ1n) is 9.88. The Morgan fingerprint density at radius 1 is 1.14 bits per heavy atom. The number of carbonyl (C=O) groups is 3. The molecule has 0 aromatic heterocycles. The highest BCUT2D eigenvalue weighted by Gasteiger charge is 2.76. The number of rotatable bonds is 4. The second-order valence-corrected chi connectivity index (χ2v) is 7.83. The van der Waals surface area contributed by atoms with Crippen molar-refractivity contribution in [3.05, 3.63) is 42.0 Å². The number of para-hydroxylation sites is 1. The van der Waals surface area contributed by atoms with E-state index in [0.717, 1.165) is 16.8 Å². The summed E-state index contributed by atoms with van der Waals surface area (Å²) in [6.07, 6.45) is 0.00330. The van der Waals surface area contributed by atoms with Gasteiger partial charge in [-0.05, 0) is 49.8 Å². The number of ether oxygens (including phenoxy) is 3. The van der Waals surface area contributed by atoms with Gasteiger partial charge < -0.3 is 14.2 Å². The van der Waals surface area contributed by atoms with E-state index in [-0.39, 0.29) is 38.0 Å². The van der Waals surface area contributed by atoms with Crippen LogP contribution < -0.4 is 4.90 Å². The molecule has 7 heteroatoms. The van der Waals surface area contributed by atoms with Crippen molar-refractivity contribution in [1.29, 1.82) is 0 Å². The molecule has 0 saturated heterocycles. The number of carbonyl (C=O) groups excluding carboxylic acids is 3. The minimum absolute atomic E-state index is 0.128. The number of anilines is 1. The zero-order chi connectivity index (χ0) is 21.0. The van der Waals surface area contributed by atoms with E-state index in [1.807, 2.05) is 24.3 Å². The third-order valence-corrected chi connectivity index (χ3v) is 6.68. The van der Waals surface area contributed by atoms with E-state index in [9.17, 15) is 14.4 Å². The molecule has 0 N–H and O–H groups in total. The van der Waals surface area contributed by atoms with Crippen LogP contribution in [0.5, 0.6) is 0 Å². The Labute approximate surface area is 169 Å². The molecule has 2 aliphatic carbocycles. The number of esters is 2. The summed E-state index contributed by atoms with van der Waals surface area (Å²) in [6, 6.07) is 7.21. The normalized spacial score (nSPS) is 28.0. The highest BCUT2D eigenvalue weighted by atomic mass is 16.6. The fraction of sp³-hybridized carbons (Fsp3) is 0.500. The van der Waals surface area contributed by atoms with Crippen LogP contribution in [0, 0.1) is 11.3 Å². The Kier molecular flexibility index (Phi) is 4.44. The lowest BCUT2D eigenvalue weighted by Gasteiger charge is -2.52. The predicted molar refractivity (Wildman–Crippen MR) is 104 cm³/mol. The van der Waals surface area contributed by atoms with E-state index in [4.69, 9.17) is 14.2 Å². The first-order valence-corrected chi connectivity index (χ1v) is 9.88. The fourth-order valence-corrected chi connectivity index (χ4v) is 5.68. The zero-order valence-electron chi connectivity index (χ0n) is 16.9. The molecule has 4 rings (SSSR count). The van der Waals surface area contributed by atoms with Crippen molar-refractivity contribution in [2.45, 2.75) is 38.1 Å². The van der Waals surface area contributed by atoms with Gasteiger partial charge in [-0.25, -0.2) is 4.79 Å². The Hall–Kier alpha value is -2.83. The van der Waals surface area contributed by atoms with Crippen LogP contribution in [0.3, 0.4) is 0 Å². The highest BCUT2D eigenvalue weighted by molar-refractivity contribution is 6.03. The number of benzene rings is 1.